The van der Waals surface area contributed by atoms with Crippen molar-refractivity contribution in [2.45, 2.75) is 32.7 Å². The van der Waals surface area contributed by atoms with Crippen LogP contribution in [0, 0.1) is 5.92 Å². The fraction of sp³-hybridized carbons (Fsp3) is 0.571. The molecular formula is C14H21NO. The predicted octanol–water partition coefficient (Wildman–Crippen LogP) is 3.15. The molecule has 2 nitrogen and oxygen atoms in total. The van der Waals surface area contributed by atoms with Crippen molar-refractivity contribution in [3.63, 3.8) is 0 Å². The summed E-state index contributed by atoms with van der Waals surface area (Å²) in [5.41, 5.74) is 1.33. The first-order chi connectivity index (χ1) is 7.86. The lowest BCUT2D eigenvalue weighted by molar-refractivity contribution is 0.327. The van der Waals surface area contributed by atoms with Gasteiger partial charge in [-0.25, -0.2) is 0 Å². The summed E-state index contributed by atoms with van der Waals surface area (Å²) >= 11 is 0. The summed E-state index contributed by atoms with van der Waals surface area (Å²) in [4.78, 5) is 0. The van der Waals surface area contributed by atoms with Gasteiger partial charge in [0, 0.05) is 11.6 Å². The van der Waals surface area contributed by atoms with E-state index in [1.807, 2.05) is 13.0 Å². The van der Waals surface area contributed by atoms with E-state index in [9.17, 15) is 0 Å². The first kappa shape index (κ1) is 11.5. The van der Waals surface area contributed by atoms with Crippen molar-refractivity contribution >= 4 is 0 Å². The Kier molecular flexibility index (Phi) is 3.83. The summed E-state index contributed by atoms with van der Waals surface area (Å²) < 4.78 is 5.70. The van der Waals surface area contributed by atoms with Gasteiger partial charge in [0.05, 0.1) is 6.61 Å². The maximum absolute atomic E-state index is 5.70. The number of rotatable bonds is 4. The quantitative estimate of drug-likeness (QED) is 0.840. The molecule has 0 spiro atoms. The fourth-order valence-electron chi connectivity index (χ4n) is 2.59. The van der Waals surface area contributed by atoms with Gasteiger partial charge in [0.1, 0.15) is 5.75 Å². The molecule has 1 N–H and O–H groups in total. The molecule has 0 aromatic heterocycles. The first-order valence-electron chi connectivity index (χ1n) is 6.32. The second-order valence-corrected chi connectivity index (χ2v) is 4.36. The zero-order chi connectivity index (χ0) is 11.4. The topological polar surface area (TPSA) is 21.3 Å². The van der Waals surface area contributed by atoms with E-state index >= 15 is 0 Å². The minimum Gasteiger partial charge on any atom is -0.494 e. The van der Waals surface area contributed by atoms with Crippen LogP contribution in [0.3, 0.4) is 0 Å². The van der Waals surface area contributed by atoms with Crippen LogP contribution in [0.25, 0.3) is 0 Å². The number of para-hydroxylation sites is 1. The summed E-state index contributed by atoms with van der Waals surface area (Å²) in [7, 11) is 0. The zero-order valence-electron chi connectivity index (χ0n) is 10.2. The number of nitrogens with one attached hydrogen (secondary N) is 1. The van der Waals surface area contributed by atoms with Gasteiger partial charge in [-0.15, -0.1) is 0 Å². The Labute approximate surface area is 98.0 Å². The Morgan fingerprint density at radius 1 is 1.31 bits per heavy atom. The third kappa shape index (κ3) is 2.22. The second-order valence-electron chi connectivity index (χ2n) is 4.36. The lowest BCUT2D eigenvalue weighted by atomic mass is 9.91. The molecule has 1 saturated heterocycles. The molecule has 1 aliphatic heterocycles. The molecule has 1 heterocycles. The van der Waals surface area contributed by atoms with Crippen LogP contribution >= 0.6 is 0 Å². The van der Waals surface area contributed by atoms with Crippen LogP contribution < -0.4 is 10.1 Å². The number of hydrogen-bond donors (Lipinski definition) is 1. The monoisotopic (exact) mass is 219 g/mol. The van der Waals surface area contributed by atoms with Crippen molar-refractivity contribution in [1.82, 2.24) is 5.32 Å². The van der Waals surface area contributed by atoms with Crippen LogP contribution in [0.4, 0.5) is 0 Å². The molecule has 1 aromatic carbocycles. The van der Waals surface area contributed by atoms with E-state index < -0.39 is 0 Å². The highest BCUT2D eigenvalue weighted by Crippen LogP contribution is 2.36. The molecule has 1 aromatic rings. The maximum Gasteiger partial charge on any atom is 0.124 e. The van der Waals surface area contributed by atoms with Gasteiger partial charge in [-0.05, 0) is 31.9 Å². The number of benzene rings is 1. The number of hydrogen-bond acceptors (Lipinski definition) is 2. The molecule has 2 atom stereocenters. The molecular weight excluding hydrogens is 198 g/mol. The highest BCUT2D eigenvalue weighted by atomic mass is 16.5. The van der Waals surface area contributed by atoms with Crippen molar-refractivity contribution in [3.8, 4) is 5.75 Å². The van der Waals surface area contributed by atoms with Crippen LogP contribution in [0.15, 0.2) is 24.3 Å². The molecule has 0 aliphatic carbocycles. The molecule has 1 fully saturated rings. The Balaban J connectivity index is 2.24. The average molecular weight is 219 g/mol. The van der Waals surface area contributed by atoms with Crippen LogP contribution in [-0.2, 0) is 0 Å². The number of ether oxygens (including phenoxy) is 1. The third-order valence-electron chi connectivity index (χ3n) is 3.43. The van der Waals surface area contributed by atoms with Gasteiger partial charge in [0.2, 0.25) is 0 Å². The Morgan fingerprint density at radius 3 is 2.88 bits per heavy atom. The highest BCUT2D eigenvalue weighted by Gasteiger charge is 2.28. The Morgan fingerprint density at radius 2 is 2.12 bits per heavy atom. The molecule has 16 heavy (non-hydrogen) atoms. The Bertz CT molecular complexity index is 337. The van der Waals surface area contributed by atoms with Crippen molar-refractivity contribution < 1.29 is 4.74 Å². The van der Waals surface area contributed by atoms with Gasteiger partial charge in [-0.2, -0.15) is 0 Å². The molecule has 0 radical (unpaired) electrons. The standard InChI is InChI=1S/C14H21NO/c1-3-11-9-10-15-14(11)12-7-5-6-8-13(12)16-4-2/h5-8,11,14-15H,3-4,9-10H2,1-2H3/t11-,14-/m1/s1. The molecule has 2 heteroatoms. The van der Waals surface area contributed by atoms with Crippen LogP contribution in [0.5, 0.6) is 5.75 Å². The summed E-state index contributed by atoms with van der Waals surface area (Å²) in [6.45, 7) is 6.17. The summed E-state index contributed by atoms with van der Waals surface area (Å²) in [6, 6.07) is 8.89. The molecule has 2 rings (SSSR count). The van der Waals surface area contributed by atoms with Crippen molar-refractivity contribution in [2.75, 3.05) is 13.2 Å². The van der Waals surface area contributed by atoms with E-state index in [1.54, 1.807) is 0 Å². The first-order valence-corrected chi connectivity index (χ1v) is 6.32. The van der Waals surface area contributed by atoms with Gasteiger partial charge in [0.15, 0.2) is 0 Å². The molecule has 0 unspecified atom stereocenters. The van der Waals surface area contributed by atoms with Crippen LogP contribution in [0.1, 0.15) is 38.3 Å². The largest absolute Gasteiger partial charge is 0.494 e. The van der Waals surface area contributed by atoms with Gasteiger partial charge in [0.25, 0.3) is 0 Å². The highest BCUT2D eigenvalue weighted by molar-refractivity contribution is 5.36. The predicted molar refractivity (Wildman–Crippen MR) is 66.8 cm³/mol. The summed E-state index contributed by atoms with van der Waals surface area (Å²) in [6.07, 6.45) is 2.51. The maximum atomic E-state index is 5.70. The third-order valence-corrected chi connectivity index (χ3v) is 3.43. The van der Waals surface area contributed by atoms with Gasteiger partial charge < -0.3 is 10.1 Å². The normalized spacial score (nSPS) is 24.6. The van der Waals surface area contributed by atoms with Gasteiger partial charge in [-0.1, -0.05) is 31.5 Å². The molecule has 0 amide bonds. The van der Waals surface area contributed by atoms with E-state index in [4.69, 9.17) is 4.74 Å². The van der Waals surface area contributed by atoms with Crippen molar-refractivity contribution in [3.05, 3.63) is 29.8 Å². The van der Waals surface area contributed by atoms with Crippen LogP contribution in [0.2, 0.25) is 0 Å². The molecule has 1 aliphatic rings. The fourth-order valence-corrected chi connectivity index (χ4v) is 2.59. The minimum absolute atomic E-state index is 0.479. The van der Waals surface area contributed by atoms with Crippen molar-refractivity contribution in [2.24, 2.45) is 5.92 Å². The lowest BCUT2D eigenvalue weighted by Crippen LogP contribution is -2.18. The molecule has 0 saturated carbocycles. The van der Waals surface area contributed by atoms with E-state index in [2.05, 4.69) is 30.4 Å². The van der Waals surface area contributed by atoms with E-state index in [-0.39, 0.29) is 0 Å². The minimum atomic E-state index is 0.479. The van der Waals surface area contributed by atoms with E-state index in [0.29, 0.717) is 6.04 Å². The van der Waals surface area contributed by atoms with Crippen LogP contribution in [-0.4, -0.2) is 13.2 Å². The summed E-state index contributed by atoms with van der Waals surface area (Å²) in [5.74, 6) is 1.80. The SMILES string of the molecule is CCOc1ccccc1[C@@H]1NCC[C@H]1CC. The lowest BCUT2D eigenvalue weighted by Gasteiger charge is -2.21. The van der Waals surface area contributed by atoms with Gasteiger partial charge in [-0.3, -0.25) is 0 Å². The zero-order valence-corrected chi connectivity index (χ0v) is 10.2. The van der Waals surface area contributed by atoms with E-state index in [1.165, 1.54) is 18.4 Å². The summed E-state index contributed by atoms with van der Waals surface area (Å²) in [5, 5.41) is 3.59. The molecule has 0 bridgehead atoms. The smallest absolute Gasteiger partial charge is 0.124 e. The van der Waals surface area contributed by atoms with Crippen molar-refractivity contribution in [1.29, 1.82) is 0 Å². The average Bonchev–Trinajstić information content (AvgIpc) is 2.78. The van der Waals surface area contributed by atoms with E-state index in [0.717, 1.165) is 24.8 Å². The molecule has 88 valence electrons. The Hall–Kier alpha value is -1.02. The van der Waals surface area contributed by atoms with Gasteiger partial charge >= 0.3 is 0 Å². The second kappa shape index (κ2) is 5.35.